The Morgan fingerprint density at radius 2 is 0.973 bits per heavy atom. The lowest BCUT2D eigenvalue weighted by atomic mass is 9.95. The Hall–Kier alpha value is -13.8. The van der Waals surface area contributed by atoms with Crippen LogP contribution in [0.2, 0.25) is 0 Å². The summed E-state index contributed by atoms with van der Waals surface area (Å²) in [6.07, 6.45) is 5.06. The lowest BCUT2D eigenvalue weighted by molar-refractivity contribution is 0.0454. The monoisotopic (exact) mass is 1490 g/mol. The van der Waals surface area contributed by atoms with Crippen molar-refractivity contribution in [1.82, 2.24) is 25.2 Å². The molecule has 3 N–H and O–H groups in total. The first-order chi connectivity index (χ1) is 53.4. The van der Waals surface area contributed by atoms with Crippen LogP contribution in [0.15, 0.2) is 302 Å². The zero-order chi connectivity index (χ0) is 78.7. The van der Waals surface area contributed by atoms with E-state index in [0.717, 1.165) is 90.6 Å². The van der Waals surface area contributed by atoms with E-state index in [2.05, 4.69) is 20.6 Å². The zero-order valence-electron chi connectivity index (χ0n) is 61.8. The molecule has 14 rings (SSSR count). The van der Waals surface area contributed by atoms with E-state index in [4.69, 9.17) is 45.1 Å². The molecule has 0 spiro atoms. The maximum absolute atomic E-state index is 13.0. The van der Waals surface area contributed by atoms with Gasteiger partial charge in [-0.2, -0.15) is 0 Å². The van der Waals surface area contributed by atoms with E-state index in [0.29, 0.717) is 51.9 Å². The van der Waals surface area contributed by atoms with Crippen LogP contribution in [0.5, 0.6) is 28.7 Å². The van der Waals surface area contributed by atoms with Crippen molar-refractivity contribution in [3.63, 3.8) is 0 Å². The summed E-state index contributed by atoms with van der Waals surface area (Å²) in [4.78, 5) is 87.4. The maximum Gasteiger partial charge on any atom is 0.339 e. The number of nitrogens with one attached hydrogen (secondary N) is 2. The second kappa shape index (κ2) is 42.4. The highest BCUT2D eigenvalue weighted by atomic mass is 35.5. The Kier molecular flexibility index (Phi) is 31.6. The zero-order valence-corrected chi connectivity index (χ0v) is 62.6. The van der Waals surface area contributed by atoms with Crippen LogP contribution < -0.4 is 39.9 Å². The number of carbonyl (C=O) groups excluding carboxylic acids is 5. The first kappa shape index (κ1) is 81.9. The smallest absolute Gasteiger partial charge is 0.339 e. The van der Waals surface area contributed by atoms with Gasteiger partial charge in [0.15, 0.2) is 6.10 Å². The molecule has 20 heteroatoms. The van der Waals surface area contributed by atoms with Crippen LogP contribution in [0.3, 0.4) is 0 Å². The van der Waals surface area contributed by atoms with Crippen molar-refractivity contribution in [1.29, 1.82) is 0 Å². The molecule has 13 aromatic rings. The van der Waals surface area contributed by atoms with Gasteiger partial charge in [0.05, 0.1) is 58.1 Å². The van der Waals surface area contributed by atoms with Crippen molar-refractivity contribution in [2.45, 2.75) is 18.9 Å². The highest BCUT2D eigenvalue weighted by molar-refractivity contribution is 6.67. The molecule has 2 amide bonds. The third-order valence-corrected chi connectivity index (χ3v) is 17.0. The van der Waals surface area contributed by atoms with Crippen LogP contribution in [0.4, 0.5) is 0 Å². The molecule has 1 atom stereocenters. The average Bonchev–Trinajstić information content (AvgIpc) is 1.37. The van der Waals surface area contributed by atoms with E-state index >= 15 is 0 Å². The van der Waals surface area contributed by atoms with Crippen LogP contribution in [0.25, 0.3) is 33.3 Å². The molecule has 1 aliphatic heterocycles. The SMILES string of the molecule is CNC(=O)c1ccc(OC)cc1.CNC(=O)c1ccc(OC)cc1Cc1ccccc1.COc1ccc(C(=O)O)c(Cc2ccccc2)c1.COc1ccc2c(=O)n(C)c(-c3ccccn3)c(-c3ccccc3)c2c1.COc1ccc2c(c1)C(c1ccccc1)OC2=O.O=C(Cl)c1ccccn1.O=Cc1ccccc1.[HH]. The Balaban J connectivity index is 0.000000185. The number of amides is 2. The number of aromatic carboxylic acids is 1. The van der Waals surface area contributed by atoms with Crippen molar-refractivity contribution in [3.8, 4) is 51.3 Å². The summed E-state index contributed by atoms with van der Waals surface area (Å²) in [5.41, 5.74) is 12.6. The number of esters is 1. The minimum atomic E-state index is -0.913. The molecule has 10 aromatic carbocycles. The fourth-order valence-electron chi connectivity index (χ4n) is 11.3. The van der Waals surface area contributed by atoms with E-state index in [9.17, 15) is 33.6 Å². The number of cyclic esters (lactones) is 1. The van der Waals surface area contributed by atoms with E-state index in [-0.39, 0.29) is 30.9 Å². The lowest BCUT2D eigenvalue weighted by Gasteiger charge is -2.17. The number of aldehydes is 1. The fraction of sp³-hybridized carbons (Fsp3) is 0.122. The highest BCUT2D eigenvalue weighted by Crippen LogP contribution is 2.39. The topological polar surface area (TPSA) is 250 Å². The van der Waals surface area contributed by atoms with Crippen molar-refractivity contribution in [2.24, 2.45) is 7.05 Å². The molecular weight excluding hydrogens is 1410 g/mol. The number of carboxylic acids is 1. The number of carbonyl (C=O) groups is 6. The molecule has 0 saturated heterocycles. The van der Waals surface area contributed by atoms with Gasteiger partial charge in [-0.1, -0.05) is 164 Å². The Labute approximate surface area is 644 Å². The number of benzene rings is 10. The van der Waals surface area contributed by atoms with E-state index in [1.165, 1.54) is 11.8 Å². The normalized spacial score (nSPS) is 11.1. The third kappa shape index (κ3) is 23.1. The van der Waals surface area contributed by atoms with Gasteiger partial charge in [0.1, 0.15) is 40.7 Å². The number of rotatable bonds is 17. The number of ether oxygens (including phenoxy) is 6. The van der Waals surface area contributed by atoms with Gasteiger partial charge in [-0.25, -0.2) is 9.59 Å². The number of methoxy groups -OCH3 is 5. The Morgan fingerprint density at radius 1 is 0.509 bits per heavy atom. The van der Waals surface area contributed by atoms with Crippen LogP contribution in [0, 0.1) is 0 Å². The van der Waals surface area contributed by atoms with Crippen LogP contribution >= 0.6 is 11.6 Å². The third-order valence-electron chi connectivity index (χ3n) is 16.8. The van der Waals surface area contributed by atoms with Gasteiger partial charge in [0.25, 0.3) is 22.6 Å². The highest BCUT2D eigenvalue weighted by Gasteiger charge is 2.32. The predicted octanol–water partition coefficient (Wildman–Crippen LogP) is 17.1. The average molecular weight is 1500 g/mol. The van der Waals surface area contributed by atoms with Crippen molar-refractivity contribution in [3.05, 3.63) is 375 Å². The number of aromatic nitrogens is 3. The second-order valence-electron chi connectivity index (χ2n) is 23.8. The van der Waals surface area contributed by atoms with Gasteiger partial charge < -0.3 is 48.7 Å². The first-order valence-electron chi connectivity index (χ1n) is 34.4. The summed E-state index contributed by atoms with van der Waals surface area (Å²) in [6.45, 7) is 0. The molecule has 0 fully saturated rings. The van der Waals surface area contributed by atoms with Gasteiger partial charge in [0, 0.05) is 73.6 Å². The summed E-state index contributed by atoms with van der Waals surface area (Å²) < 4.78 is 33.0. The quantitative estimate of drug-likeness (QED) is 0.0435. The van der Waals surface area contributed by atoms with Gasteiger partial charge in [0.2, 0.25) is 0 Å². The number of fused-ring (bicyclic) bond motifs is 2. The minimum Gasteiger partial charge on any atom is -0.497 e. The first-order valence-corrected chi connectivity index (χ1v) is 34.8. The molecule has 110 heavy (non-hydrogen) atoms. The largest absolute Gasteiger partial charge is 0.497 e. The second-order valence-corrected chi connectivity index (χ2v) is 24.2. The van der Waals surface area contributed by atoms with Gasteiger partial charge in [-0.3, -0.25) is 33.9 Å². The van der Waals surface area contributed by atoms with E-state index < -0.39 is 11.2 Å². The molecule has 1 aliphatic rings. The van der Waals surface area contributed by atoms with Crippen molar-refractivity contribution in [2.75, 3.05) is 49.6 Å². The summed E-state index contributed by atoms with van der Waals surface area (Å²) in [7, 11) is 13.1. The number of pyridine rings is 3. The van der Waals surface area contributed by atoms with E-state index in [1.54, 1.807) is 165 Å². The molecule has 0 radical (unpaired) electrons. The van der Waals surface area contributed by atoms with Gasteiger partial charge in [-0.05, 0) is 179 Å². The van der Waals surface area contributed by atoms with Crippen LogP contribution in [-0.2, 0) is 24.6 Å². The van der Waals surface area contributed by atoms with Gasteiger partial charge in [-0.15, -0.1) is 0 Å². The minimum absolute atomic E-state index is 0. The van der Waals surface area contributed by atoms with Crippen LogP contribution in [0.1, 0.15) is 103 Å². The number of hydrogen-bond donors (Lipinski definition) is 3. The number of halogens is 1. The lowest BCUT2D eigenvalue weighted by Crippen LogP contribution is -2.20. The number of hydrogen-bond acceptors (Lipinski definition) is 15. The molecule has 0 saturated carbocycles. The molecule has 0 aliphatic carbocycles. The molecule has 19 nitrogen and oxygen atoms in total. The number of carboxylic acid groups (broad SMARTS) is 1. The molecule has 3 aromatic heterocycles. The summed E-state index contributed by atoms with van der Waals surface area (Å²) in [5.74, 6) is 2.28. The molecule has 4 heterocycles. The Bertz CT molecular complexity index is 5220. The van der Waals surface area contributed by atoms with E-state index in [1.807, 2.05) is 188 Å². The van der Waals surface area contributed by atoms with Crippen molar-refractivity contribution < 1.29 is 63.7 Å². The fourth-order valence-corrected chi connectivity index (χ4v) is 11.4. The number of nitrogens with zero attached hydrogens (tertiary/aromatic N) is 3. The Morgan fingerprint density at radius 3 is 1.45 bits per heavy atom. The summed E-state index contributed by atoms with van der Waals surface area (Å²) in [5, 5.41) is 15.4. The maximum atomic E-state index is 13.0. The molecule has 0 bridgehead atoms. The van der Waals surface area contributed by atoms with Gasteiger partial charge >= 0.3 is 11.9 Å². The van der Waals surface area contributed by atoms with Crippen molar-refractivity contribution >= 4 is 57.7 Å². The summed E-state index contributed by atoms with van der Waals surface area (Å²) in [6, 6.07) is 87.9. The molecular formula is C90H84ClN5O14. The molecule has 560 valence electrons. The standard InChI is InChI=1S/C22H18N2O2.C16H17NO2.C15H12O3.C15H14O3.C9H11NO2.C7H6O.C6H4ClNO.H2/c1-24-21(19-10-6-7-13-23-19)20(15-8-4-3-5-9-15)18-14-16(26-2)11-12-17(18)22(24)25;1-17-16(18)15-9-8-14(19-2)11-13(15)10-12-6-4-3-5-7-12;1-17-11-7-8-12-13(9-11)14(18-15(12)16)10-5-3-2-4-6-10;1-18-13-7-8-14(15(16)17)12(10-13)9-11-5-3-2-4-6-11;1-10-9(11)7-3-5-8(12-2)6-4-7;8-6-7-4-2-1-3-5-7;7-6(9)5-3-1-2-4-8-5;/h3-14H,1-2H3;3-9,11H,10H2,1-2H3,(H,17,18);2-9,14H,1H3;2-8,10H,9H2,1H3,(H,16,17);3-6H,1-2H3,(H,10,11);1-6H;1-4H;1H. The van der Waals surface area contributed by atoms with Crippen LogP contribution in [-0.4, -0.2) is 105 Å². The molecule has 1 unspecified atom stereocenters. The summed E-state index contributed by atoms with van der Waals surface area (Å²) >= 11 is 5.10. The predicted molar refractivity (Wildman–Crippen MR) is 431 cm³/mol.